The number of nitrogens with one attached hydrogen (secondary N) is 1. The number of amides is 1. The lowest BCUT2D eigenvalue weighted by Gasteiger charge is -2.11. The molecule has 9 heteroatoms. The van der Waals surface area contributed by atoms with Gasteiger partial charge < -0.3 is 14.8 Å². The standard InChI is InChI=1S/C19H17F2NO5S/c1-11(23)22-14-9-12(7-8-17(14)28-2)15(24)10-26-18(25)13-5-3-4-6-16(13)27-19(20)21/h3-9,19H,10H2,1-2H3,(H,22,23). The normalized spacial score (nSPS) is 10.5. The molecule has 0 radical (unpaired) electrons. The maximum absolute atomic E-state index is 12.4. The van der Waals surface area contributed by atoms with Gasteiger partial charge in [-0.05, 0) is 30.5 Å². The first-order valence-corrected chi connectivity index (χ1v) is 9.24. The molecule has 0 atom stereocenters. The van der Waals surface area contributed by atoms with Crippen LogP contribution in [-0.2, 0) is 9.53 Å². The summed E-state index contributed by atoms with van der Waals surface area (Å²) in [7, 11) is 0. The molecule has 0 aliphatic rings. The van der Waals surface area contributed by atoms with Gasteiger partial charge in [0.2, 0.25) is 5.91 Å². The van der Waals surface area contributed by atoms with Crippen molar-refractivity contribution in [1.82, 2.24) is 0 Å². The van der Waals surface area contributed by atoms with Gasteiger partial charge in [-0.2, -0.15) is 8.78 Å². The van der Waals surface area contributed by atoms with Gasteiger partial charge in [-0.15, -0.1) is 11.8 Å². The molecule has 0 spiro atoms. The number of thioether (sulfide) groups is 1. The second kappa shape index (κ2) is 9.84. The highest BCUT2D eigenvalue weighted by Gasteiger charge is 2.18. The molecule has 2 rings (SSSR count). The van der Waals surface area contributed by atoms with Crippen LogP contribution in [-0.4, -0.2) is 37.1 Å². The Kier molecular flexibility index (Phi) is 7.51. The number of Topliss-reactive ketones (excluding diaryl/α,β-unsaturated/α-hetero) is 1. The highest BCUT2D eigenvalue weighted by molar-refractivity contribution is 7.98. The Balaban J connectivity index is 2.10. The number of ketones is 1. The Labute approximate surface area is 164 Å². The van der Waals surface area contributed by atoms with Gasteiger partial charge in [0.15, 0.2) is 12.4 Å². The van der Waals surface area contributed by atoms with Crippen LogP contribution in [0.4, 0.5) is 14.5 Å². The monoisotopic (exact) mass is 409 g/mol. The van der Waals surface area contributed by atoms with Crippen LogP contribution in [0.5, 0.6) is 5.75 Å². The molecule has 0 bridgehead atoms. The van der Waals surface area contributed by atoms with Crippen molar-refractivity contribution in [2.45, 2.75) is 18.4 Å². The van der Waals surface area contributed by atoms with Gasteiger partial charge in [-0.25, -0.2) is 4.79 Å². The van der Waals surface area contributed by atoms with E-state index < -0.39 is 25.0 Å². The summed E-state index contributed by atoms with van der Waals surface area (Å²) < 4.78 is 34.1. The molecule has 6 nitrogen and oxygen atoms in total. The maximum atomic E-state index is 12.4. The topological polar surface area (TPSA) is 81.7 Å². The van der Waals surface area contributed by atoms with Crippen LogP contribution in [0.3, 0.4) is 0 Å². The molecule has 148 valence electrons. The zero-order valence-electron chi connectivity index (χ0n) is 15.0. The predicted molar refractivity (Wildman–Crippen MR) is 100 cm³/mol. The van der Waals surface area contributed by atoms with Gasteiger partial charge in [0, 0.05) is 17.4 Å². The lowest BCUT2D eigenvalue weighted by Crippen LogP contribution is -2.16. The number of hydrogen-bond acceptors (Lipinski definition) is 6. The summed E-state index contributed by atoms with van der Waals surface area (Å²) in [6, 6.07) is 10.0. The number of carbonyl (C=O) groups excluding carboxylic acids is 3. The Morgan fingerprint density at radius 2 is 1.86 bits per heavy atom. The van der Waals surface area contributed by atoms with Crippen LogP contribution < -0.4 is 10.1 Å². The molecular formula is C19H17F2NO5S. The minimum absolute atomic E-state index is 0.215. The fourth-order valence-corrected chi connectivity index (χ4v) is 2.83. The van der Waals surface area contributed by atoms with E-state index in [0.717, 1.165) is 4.90 Å². The lowest BCUT2D eigenvalue weighted by atomic mass is 10.1. The molecule has 1 N–H and O–H groups in total. The summed E-state index contributed by atoms with van der Waals surface area (Å²) in [4.78, 5) is 36.5. The number of esters is 1. The minimum Gasteiger partial charge on any atom is -0.454 e. The Morgan fingerprint density at radius 1 is 1.14 bits per heavy atom. The molecule has 0 aromatic heterocycles. The van der Waals surface area contributed by atoms with E-state index in [-0.39, 0.29) is 22.8 Å². The molecule has 2 aromatic rings. The lowest BCUT2D eigenvalue weighted by molar-refractivity contribution is -0.114. The molecule has 0 aliphatic heterocycles. The average molecular weight is 409 g/mol. The summed E-state index contributed by atoms with van der Waals surface area (Å²) >= 11 is 1.39. The quantitative estimate of drug-likeness (QED) is 0.403. The van der Waals surface area contributed by atoms with Crippen LogP contribution >= 0.6 is 11.8 Å². The summed E-state index contributed by atoms with van der Waals surface area (Å²) in [6.07, 6.45) is 1.82. The first-order chi connectivity index (χ1) is 13.3. The van der Waals surface area contributed by atoms with Crippen molar-refractivity contribution in [3.05, 3.63) is 53.6 Å². The van der Waals surface area contributed by atoms with E-state index in [2.05, 4.69) is 10.1 Å². The van der Waals surface area contributed by atoms with Gasteiger partial charge in [0.05, 0.1) is 5.69 Å². The van der Waals surface area contributed by atoms with Crippen molar-refractivity contribution < 1.29 is 32.6 Å². The van der Waals surface area contributed by atoms with E-state index in [1.807, 2.05) is 6.26 Å². The molecule has 0 aliphatic carbocycles. The third-order valence-corrected chi connectivity index (χ3v) is 4.29. The van der Waals surface area contributed by atoms with Gasteiger partial charge in [-0.1, -0.05) is 18.2 Å². The summed E-state index contributed by atoms with van der Waals surface area (Å²) in [5.74, 6) is -2.11. The number of rotatable bonds is 8. The number of benzene rings is 2. The van der Waals surface area contributed by atoms with Crippen molar-refractivity contribution in [2.24, 2.45) is 0 Å². The maximum Gasteiger partial charge on any atom is 0.387 e. The zero-order valence-corrected chi connectivity index (χ0v) is 15.8. The van der Waals surface area contributed by atoms with Gasteiger partial charge in [0.25, 0.3) is 0 Å². The first-order valence-electron chi connectivity index (χ1n) is 8.01. The first kappa shape index (κ1) is 21.4. The largest absolute Gasteiger partial charge is 0.454 e. The summed E-state index contributed by atoms with van der Waals surface area (Å²) in [6.45, 7) is -2.35. The molecule has 0 heterocycles. The van der Waals surface area contributed by atoms with E-state index in [4.69, 9.17) is 4.74 Å². The van der Waals surface area contributed by atoms with Crippen LogP contribution in [0.25, 0.3) is 0 Å². The van der Waals surface area contributed by atoms with E-state index in [0.29, 0.717) is 5.69 Å². The predicted octanol–water partition coefficient (Wildman–Crippen LogP) is 4.01. The van der Waals surface area contributed by atoms with E-state index >= 15 is 0 Å². The van der Waals surface area contributed by atoms with Crippen LogP contribution in [0.1, 0.15) is 27.6 Å². The molecule has 0 saturated carbocycles. The molecule has 0 saturated heterocycles. The van der Waals surface area contributed by atoms with Crippen LogP contribution in [0, 0.1) is 0 Å². The smallest absolute Gasteiger partial charge is 0.387 e. The fraction of sp³-hybridized carbons (Fsp3) is 0.211. The molecule has 0 unspecified atom stereocenters. The number of anilines is 1. The van der Waals surface area contributed by atoms with Crippen molar-refractivity contribution in [2.75, 3.05) is 18.2 Å². The van der Waals surface area contributed by atoms with Gasteiger partial charge in [-0.3, -0.25) is 9.59 Å². The second-order valence-corrected chi connectivity index (χ2v) is 6.32. The third kappa shape index (κ3) is 5.78. The molecule has 2 aromatic carbocycles. The summed E-state index contributed by atoms with van der Waals surface area (Å²) in [5.41, 5.74) is 0.478. The van der Waals surface area contributed by atoms with Gasteiger partial charge >= 0.3 is 12.6 Å². The Morgan fingerprint density at radius 3 is 2.50 bits per heavy atom. The Bertz CT molecular complexity index is 888. The molecule has 0 fully saturated rings. The SMILES string of the molecule is CSc1ccc(C(=O)COC(=O)c2ccccc2OC(F)F)cc1NC(C)=O. The molecule has 1 amide bonds. The number of alkyl halides is 2. The van der Waals surface area contributed by atoms with E-state index in [1.54, 1.807) is 12.1 Å². The third-order valence-electron chi connectivity index (χ3n) is 3.49. The van der Waals surface area contributed by atoms with Crippen molar-refractivity contribution in [1.29, 1.82) is 0 Å². The number of halogens is 2. The zero-order chi connectivity index (χ0) is 20.7. The number of hydrogen-bond donors (Lipinski definition) is 1. The van der Waals surface area contributed by atoms with Crippen molar-refractivity contribution in [3.8, 4) is 5.75 Å². The number of carbonyl (C=O) groups is 3. The highest BCUT2D eigenvalue weighted by atomic mass is 32.2. The number of para-hydroxylation sites is 1. The van der Waals surface area contributed by atoms with Crippen LogP contribution in [0.2, 0.25) is 0 Å². The fourth-order valence-electron chi connectivity index (χ4n) is 2.29. The highest BCUT2D eigenvalue weighted by Crippen LogP contribution is 2.27. The van der Waals surface area contributed by atoms with E-state index in [1.165, 1.54) is 49.0 Å². The molecule has 28 heavy (non-hydrogen) atoms. The summed E-state index contributed by atoms with van der Waals surface area (Å²) in [5, 5.41) is 2.63. The van der Waals surface area contributed by atoms with Crippen molar-refractivity contribution >= 4 is 35.1 Å². The Hall–Kier alpha value is -2.94. The second-order valence-electron chi connectivity index (χ2n) is 5.47. The van der Waals surface area contributed by atoms with Crippen LogP contribution in [0.15, 0.2) is 47.4 Å². The molecular weight excluding hydrogens is 392 g/mol. The minimum atomic E-state index is -3.10. The van der Waals surface area contributed by atoms with E-state index in [9.17, 15) is 23.2 Å². The average Bonchev–Trinajstić information content (AvgIpc) is 2.65. The number of ether oxygens (including phenoxy) is 2. The van der Waals surface area contributed by atoms with Crippen molar-refractivity contribution in [3.63, 3.8) is 0 Å². The van der Waals surface area contributed by atoms with Gasteiger partial charge in [0.1, 0.15) is 11.3 Å².